The van der Waals surface area contributed by atoms with Gasteiger partial charge in [0.05, 0.1) is 12.2 Å². The fourth-order valence-electron chi connectivity index (χ4n) is 6.35. The Kier molecular flexibility index (Phi) is 10.5. The Hall–Kier alpha value is -1.58. The third kappa shape index (κ3) is 6.41. The fourth-order valence-corrected chi connectivity index (χ4v) is 6.35. The minimum Gasteiger partial charge on any atom is -0.392 e. The molecule has 1 radical (unpaired) electrons. The molecule has 3 aromatic rings. The van der Waals surface area contributed by atoms with Crippen LogP contribution >= 0.6 is 0 Å². The summed E-state index contributed by atoms with van der Waals surface area (Å²) < 4.78 is 0. The van der Waals surface area contributed by atoms with Crippen LogP contribution in [0.5, 0.6) is 0 Å². The van der Waals surface area contributed by atoms with E-state index in [4.69, 9.17) is 0 Å². The van der Waals surface area contributed by atoms with Gasteiger partial charge in [-0.05, 0) is 78.3 Å². The molecule has 0 spiro atoms. The monoisotopic (exact) mass is 651 g/mol. The summed E-state index contributed by atoms with van der Waals surface area (Å²) in [5.74, 6) is 2.06. The first-order valence-corrected chi connectivity index (χ1v) is 13.2. The van der Waals surface area contributed by atoms with E-state index >= 15 is 0 Å². The Bertz CT molecular complexity index is 1040. The van der Waals surface area contributed by atoms with Crippen LogP contribution in [0.25, 0.3) is 22.0 Å². The molecule has 4 heteroatoms. The van der Waals surface area contributed by atoms with Crippen molar-refractivity contribution in [3.05, 3.63) is 66.9 Å². The van der Waals surface area contributed by atoms with Crippen LogP contribution in [-0.4, -0.2) is 27.4 Å². The zero-order valence-corrected chi connectivity index (χ0v) is 23.6. The molecule has 191 valence electrons. The fraction of sp³-hybridized carbons (Fsp3) is 0.516. The van der Waals surface area contributed by atoms with Crippen molar-refractivity contribution in [1.82, 2.24) is 4.98 Å². The van der Waals surface area contributed by atoms with Gasteiger partial charge in [0.25, 0.3) is 0 Å². The van der Waals surface area contributed by atoms with E-state index < -0.39 is 0 Å². The van der Waals surface area contributed by atoms with Gasteiger partial charge in [-0.2, -0.15) is 0 Å². The predicted molar refractivity (Wildman–Crippen MR) is 140 cm³/mol. The van der Waals surface area contributed by atoms with Crippen molar-refractivity contribution >= 4 is 10.8 Å². The van der Waals surface area contributed by atoms with E-state index in [1.807, 2.05) is 48.7 Å². The first-order chi connectivity index (χ1) is 16.5. The van der Waals surface area contributed by atoms with E-state index in [2.05, 4.69) is 44.0 Å². The molecule has 0 amide bonds. The second kappa shape index (κ2) is 13.1. The molecule has 6 atom stereocenters. The Morgan fingerprint density at radius 1 is 0.943 bits per heavy atom. The number of hydrogen-bond donors (Lipinski definition) is 2. The van der Waals surface area contributed by atoms with Gasteiger partial charge in [0.1, 0.15) is 0 Å². The summed E-state index contributed by atoms with van der Waals surface area (Å²) in [7, 11) is 0. The van der Waals surface area contributed by atoms with Gasteiger partial charge in [-0.3, -0.25) is 0 Å². The number of pyridine rings is 1. The van der Waals surface area contributed by atoms with E-state index in [1.165, 1.54) is 23.6 Å². The van der Waals surface area contributed by atoms with Crippen molar-refractivity contribution in [2.24, 2.45) is 29.6 Å². The number of hydrogen-bond acceptors (Lipinski definition) is 3. The van der Waals surface area contributed by atoms with Crippen LogP contribution in [0.4, 0.5) is 0 Å². The van der Waals surface area contributed by atoms with Crippen molar-refractivity contribution in [2.75, 3.05) is 0 Å². The molecule has 2 aliphatic carbocycles. The van der Waals surface area contributed by atoms with E-state index in [0.29, 0.717) is 23.7 Å². The van der Waals surface area contributed by atoms with Crippen LogP contribution in [0.2, 0.25) is 0 Å². The molecule has 5 rings (SSSR count). The number of nitrogens with zero attached hydrogens (tertiary/aromatic N) is 1. The van der Waals surface area contributed by atoms with Gasteiger partial charge in [0.15, 0.2) is 0 Å². The molecule has 2 saturated carbocycles. The first-order valence-electron chi connectivity index (χ1n) is 13.2. The SMILES string of the molecule is CCC[C@H]1CCC2CC[C@H](C(C)C)C(O)C2C1O.[Ir].[c-]1ccccc1-c1nccc2ccccc12. The Morgan fingerprint density at radius 2 is 1.69 bits per heavy atom. The van der Waals surface area contributed by atoms with Crippen LogP contribution in [0.1, 0.15) is 59.3 Å². The molecule has 2 N–H and O–H groups in total. The molecule has 0 aliphatic heterocycles. The van der Waals surface area contributed by atoms with Gasteiger partial charge in [-0.25, -0.2) is 0 Å². The van der Waals surface area contributed by atoms with Gasteiger partial charge >= 0.3 is 0 Å². The van der Waals surface area contributed by atoms with Crippen molar-refractivity contribution in [3.63, 3.8) is 0 Å². The van der Waals surface area contributed by atoms with Crippen LogP contribution in [0, 0.1) is 35.7 Å². The normalized spacial score (nSPS) is 27.9. The quantitative estimate of drug-likeness (QED) is 0.302. The van der Waals surface area contributed by atoms with Crippen molar-refractivity contribution in [3.8, 4) is 11.3 Å². The van der Waals surface area contributed by atoms with Gasteiger partial charge in [-0.1, -0.05) is 51.5 Å². The molecule has 1 aromatic heterocycles. The number of aliphatic hydroxyl groups excluding tert-OH is 2. The second-order valence-electron chi connectivity index (χ2n) is 10.6. The summed E-state index contributed by atoms with van der Waals surface area (Å²) in [6, 6.07) is 21.4. The summed E-state index contributed by atoms with van der Waals surface area (Å²) in [6.45, 7) is 6.59. The summed E-state index contributed by atoms with van der Waals surface area (Å²) >= 11 is 0. The first kappa shape index (κ1) is 28.0. The van der Waals surface area contributed by atoms with Crippen LogP contribution in [0.3, 0.4) is 0 Å². The number of fused-ring (bicyclic) bond motifs is 2. The van der Waals surface area contributed by atoms with Crippen LogP contribution in [0.15, 0.2) is 60.8 Å². The van der Waals surface area contributed by atoms with Gasteiger partial charge in [-0.15, -0.1) is 35.9 Å². The third-order valence-corrected chi connectivity index (χ3v) is 8.19. The maximum Gasteiger partial charge on any atom is 0.0626 e. The van der Waals surface area contributed by atoms with Gasteiger partial charge < -0.3 is 15.2 Å². The third-order valence-electron chi connectivity index (χ3n) is 8.19. The standard InChI is InChI=1S/C16H30O2.C15H10N.Ir/c1-4-5-12-7-6-11-8-9-13(10(2)3)16(18)14(11)15(12)17;1-2-7-13(8-3-1)15-14-9-5-4-6-12(14)10-11-16-15;/h10-18H,4-9H2,1-3H3;1-7,9-11H;/q;-1;/t11?,12-,13+,14?,15?,16?;;/m0../s1. The molecule has 0 bridgehead atoms. The van der Waals surface area contributed by atoms with Crippen LogP contribution in [-0.2, 0) is 20.1 Å². The zero-order chi connectivity index (χ0) is 24.1. The summed E-state index contributed by atoms with van der Waals surface area (Å²) in [6.07, 6.45) is 8.29. The minimum atomic E-state index is -0.279. The molecule has 2 fully saturated rings. The second-order valence-corrected chi connectivity index (χ2v) is 10.6. The summed E-state index contributed by atoms with van der Waals surface area (Å²) in [5.41, 5.74) is 2.04. The average molecular weight is 651 g/mol. The molecule has 35 heavy (non-hydrogen) atoms. The largest absolute Gasteiger partial charge is 0.392 e. The van der Waals surface area contributed by atoms with E-state index in [1.54, 1.807) is 0 Å². The molecule has 3 nitrogen and oxygen atoms in total. The smallest absolute Gasteiger partial charge is 0.0626 e. The molecule has 2 aliphatic rings. The molecular formula is C31H40IrNO2-. The molecule has 2 aromatic carbocycles. The van der Waals surface area contributed by atoms with Crippen LogP contribution < -0.4 is 0 Å². The summed E-state index contributed by atoms with van der Waals surface area (Å²) in [5, 5.41) is 23.6. The van der Waals surface area contributed by atoms with Crippen molar-refractivity contribution in [1.29, 1.82) is 0 Å². The maximum absolute atomic E-state index is 10.6. The Labute approximate surface area is 224 Å². The Morgan fingerprint density at radius 3 is 2.40 bits per heavy atom. The Balaban J connectivity index is 0.000000191. The molecular weight excluding hydrogens is 611 g/mol. The topological polar surface area (TPSA) is 53.4 Å². The average Bonchev–Trinajstić information content (AvgIpc) is 2.86. The molecule has 0 saturated heterocycles. The predicted octanol–water partition coefficient (Wildman–Crippen LogP) is 6.92. The van der Waals surface area contributed by atoms with E-state index in [-0.39, 0.29) is 38.2 Å². The molecule has 1 heterocycles. The van der Waals surface area contributed by atoms with Gasteiger partial charge in [0.2, 0.25) is 0 Å². The number of benzene rings is 2. The molecule has 4 unspecified atom stereocenters. The van der Waals surface area contributed by atoms with Gasteiger partial charge in [0, 0.05) is 32.2 Å². The number of aliphatic hydroxyl groups is 2. The minimum absolute atomic E-state index is 0. The summed E-state index contributed by atoms with van der Waals surface area (Å²) in [4.78, 5) is 4.45. The zero-order valence-electron chi connectivity index (χ0n) is 21.2. The van der Waals surface area contributed by atoms with Crippen molar-refractivity contribution < 1.29 is 30.3 Å². The maximum atomic E-state index is 10.6. The number of rotatable bonds is 4. The van der Waals surface area contributed by atoms with E-state index in [9.17, 15) is 10.2 Å². The number of aromatic nitrogens is 1. The van der Waals surface area contributed by atoms with Crippen molar-refractivity contribution in [2.45, 2.75) is 71.5 Å². The van der Waals surface area contributed by atoms with E-state index in [0.717, 1.165) is 36.9 Å².